The second-order valence-corrected chi connectivity index (χ2v) is 3.65. The Morgan fingerprint density at radius 2 is 2.19 bits per heavy atom. The normalized spacial score (nSPS) is 12.1. The summed E-state index contributed by atoms with van der Waals surface area (Å²) in [5.74, 6) is 0.974. The first-order chi connectivity index (χ1) is 7.69. The molecule has 1 N–H and O–H groups in total. The summed E-state index contributed by atoms with van der Waals surface area (Å²) in [6, 6.07) is 4.31. The lowest BCUT2D eigenvalue weighted by molar-refractivity contribution is 0.475. The Kier molecular flexibility index (Phi) is 4.94. The molecule has 1 atom stereocenters. The molecule has 0 saturated carbocycles. The molecule has 0 radical (unpaired) electrons. The smallest absolute Gasteiger partial charge is 0.162 e. The van der Waals surface area contributed by atoms with Gasteiger partial charge in [-0.05, 0) is 31.5 Å². The van der Waals surface area contributed by atoms with Crippen molar-refractivity contribution >= 4 is 0 Å². The van der Waals surface area contributed by atoms with Crippen molar-refractivity contribution in [3.8, 4) is 12.3 Å². The van der Waals surface area contributed by atoms with E-state index in [-0.39, 0.29) is 6.04 Å². The lowest BCUT2D eigenvalue weighted by Gasteiger charge is -2.15. The van der Waals surface area contributed by atoms with Gasteiger partial charge in [-0.1, -0.05) is 12.1 Å². The molecule has 0 amide bonds. The van der Waals surface area contributed by atoms with Gasteiger partial charge in [0.2, 0.25) is 0 Å². The Morgan fingerprint density at radius 1 is 1.44 bits per heavy atom. The molecule has 0 aliphatic rings. The number of hydrogen-bond acceptors (Lipinski definition) is 1. The summed E-state index contributed by atoms with van der Waals surface area (Å²) in [6.45, 7) is 0. The number of hydrogen-bond donors (Lipinski definition) is 1. The Balaban J connectivity index is 2.71. The van der Waals surface area contributed by atoms with Crippen LogP contribution in [0.1, 0.15) is 18.4 Å². The van der Waals surface area contributed by atoms with Gasteiger partial charge in [0, 0.05) is 12.5 Å². The van der Waals surface area contributed by atoms with E-state index < -0.39 is 11.6 Å². The minimum Gasteiger partial charge on any atom is -0.317 e. The minimum absolute atomic E-state index is 0.0762. The Hall–Kier alpha value is -1.40. The molecule has 3 heteroatoms. The van der Waals surface area contributed by atoms with Crippen molar-refractivity contribution in [1.82, 2.24) is 5.32 Å². The van der Waals surface area contributed by atoms with E-state index in [2.05, 4.69) is 11.2 Å². The van der Waals surface area contributed by atoms with Crippen LogP contribution < -0.4 is 5.32 Å². The third-order valence-electron chi connectivity index (χ3n) is 2.54. The highest BCUT2D eigenvalue weighted by atomic mass is 19.2. The van der Waals surface area contributed by atoms with Crippen molar-refractivity contribution in [2.24, 2.45) is 0 Å². The van der Waals surface area contributed by atoms with E-state index in [1.54, 1.807) is 13.1 Å². The highest BCUT2D eigenvalue weighted by molar-refractivity contribution is 5.20. The van der Waals surface area contributed by atoms with Gasteiger partial charge in [-0.2, -0.15) is 0 Å². The van der Waals surface area contributed by atoms with Gasteiger partial charge >= 0.3 is 0 Å². The van der Waals surface area contributed by atoms with E-state index in [1.165, 1.54) is 6.07 Å². The second kappa shape index (κ2) is 6.24. The van der Waals surface area contributed by atoms with Gasteiger partial charge in [-0.3, -0.25) is 0 Å². The van der Waals surface area contributed by atoms with Gasteiger partial charge in [0.1, 0.15) is 0 Å². The molecule has 0 fully saturated rings. The van der Waals surface area contributed by atoms with Crippen LogP contribution in [-0.4, -0.2) is 13.1 Å². The fraction of sp³-hybridized carbons (Fsp3) is 0.385. The van der Waals surface area contributed by atoms with E-state index in [0.717, 1.165) is 12.5 Å². The molecule has 1 unspecified atom stereocenters. The first kappa shape index (κ1) is 12.7. The molecule has 0 aromatic heterocycles. The summed E-state index contributed by atoms with van der Waals surface area (Å²) in [6.07, 6.45) is 6.99. The van der Waals surface area contributed by atoms with Crippen LogP contribution in [0.3, 0.4) is 0 Å². The molecular formula is C13H15F2N. The number of nitrogens with one attached hydrogen (secondary N) is 1. The van der Waals surface area contributed by atoms with Crippen LogP contribution in [0.4, 0.5) is 8.78 Å². The summed E-state index contributed by atoms with van der Waals surface area (Å²) in [5, 5.41) is 3.05. The maximum absolute atomic E-state index is 13.4. The third-order valence-corrected chi connectivity index (χ3v) is 2.54. The van der Waals surface area contributed by atoms with Crippen molar-refractivity contribution in [3.63, 3.8) is 0 Å². The first-order valence-electron chi connectivity index (χ1n) is 5.22. The van der Waals surface area contributed by atoms with Crippen LogP contribution in [0.25, 0.3) is 0 Å². The van der Waals surface area contributed by atoms with Gasteiger partial charge in [0.05, 0.1) is 0 Å². The lowest BCUT2D eigenvalue weighted by Crippen LogP contribution is -2.27. The zero-order valence-electron chi connectivity index (χ0n) is 9.26. The standard InChI is InChI=1S/C13H15F2N/c1-3-4-7-11(16-2)9-10-6-5-8-12(14)13(10)15/h1,5-6,8,11,16H,4,7,9H2,2H3. The minimum atomic E-state index is -0.802. The van der Waals surface area contributed by atoms with Crippen LogP contribution >= 0.6 is 0 Å². The molecule has 0 heterocycles. The average molecular weight is 223 g/mol. The largest absolute Gasteiger partial charge is 0.317 e. The van der Waals surface area contributed by atoms with Gasteiger partial charge < -0.3 is 5.32 Å². The van der Waals surface area contributed by atoms with Crippen LogP contribution in [0.15, 0.2) is 18.2 Å². The Morgan fingerprint density at radius 3 is 2.81 bits per heavy atom. The molecular weight excluding hydrogens is 208 g/mol. The van der Waals surface area contributed by atoms with Crippen molar-refractivity contribution in [1.29, 1.82) is 0 Å². The second-order valence-electron chi connectivity index (χ2n) is 3.65. The SMILES string of the molecule is C#CCCC(Cc1cccc(F)c1F)NC. The molecule has 0 saturated heterocycles. The highest BCUT2D eigenvalue weighted by Gasteiger charge is 2.12. The summed E-state index contributed by atoms with van der Waals surface area (Å²) in [4.78, 5) is 0. The van der Waals surface area contributed by atoms with Gasteiger partial charge in [0.25, 0.3) is 0 Å². The van der Waals surface area contributed by atoms with Gasteiger partial charge in [-0.15, -0.1) is 12.3 Å². The lowest BCUT2D eigenvalue weighted by atomic mass is 10.0. The fourth-order valence-electron chi connectivity index (χ4n) is 1.58. The van der Waals surface area contributed by atoms with E-state index in [1.807, 2.05) is 0 Å². The van der Waals surface area contributed by atoms with Gasteiger partial charge in [-0.25, -0.2) is 8.78 Å². The number of rotatable bonds is 5. The van der Waals surface area contributed by atoms with E-state index in [0.29, 0.717) is 18.4 Å². The van der Waals surface area contributed by atoms with Crippen LogP contribution in [0.2, 0.25) is 0 Å². The van der Waals surface area contributed by atoms with E-state index in [9.17, 15) is 8.78 Å². The summed E-state index contributed by atoms with van der Waals surface area (Å²) >= 11 is 0. The molecule has 0 aliphatic heterocycles. The zero-order valence-corrected chi connectivity index (χ0v) is 9.26. The van der Waals surface area contributed by atoms with Gasteiger partial charge in [0.15, 0.2) is 11.6 Å². The Bertz CT molecular complexity index is 382. The van der Waals surface area contributed by atoms with Crippen molar-refractivity contribution in [2.75, 3.05) is 7.05 Å². The van der Waals surface area contributed by atoms with Crippen LogP contribution in [0, 0.1) is 24.0 Å². The molecule has 86 valence electrons. The zero-order chi connectivity index (χ0) is 12.0. The van der Waals surface area contributed by atoms with Crippen molar-refractivity contribution in [2.45, 2.75) is 25.3 Å². The molecule has 0 spiro atoms. The van der Waals surface area contributed by atoms with Crippen LogP contribution in [-0.2, 0) is 6.42 Å². The Labute approximate surface area is 94.9 Å². The quantitative estimate of drug-likeness (QED) is 0.756. The molecule has 1 nitrogen and oxygen atoms in total. The molecule has 1 aromatic rings. The topological polar surface area (TPSA) is 12.0 Å². The van der Waals surface area contributed by atoms with Crippen molar-refractivity contribution in [3.05, 3.63) is 35.4 Å². The fourth-order valence-corrected chi connectivity index (χ4v) is 1.58. The number of benzene rings is 1. The molecule has 0 aliphatic carbocycles. The van der Waals surface area contributed by atoms with Crippen molar-refractivity contribution < 1.29 is 8.78 Å². The predicted octanol–water partition coefficient (Wildman–Crippen LogP) is 2.51. The highest BCUT2D eigenvalue weighted by Crippen LogP contribution is 2.14. The summed E-state index contributed by atoms with van der Waals surface area (Å²) in [7, 11) is 1.79. The number of halogens is 2. The molecule has 1 aromatic carbocycles. The number of terminal acetylenes is 1. The molecule has 1 rings (SSSR count). The average Bonchev–Trinajstić information content (AvgIpc) is 2.30. The number of likely N-dealkylation sites (N-methyl/N-ethyl adjacent to an activating group) is 1. The maximum Gasteiger partial charge on any atom is 0.162 e. The first-order valence-corrected chi connectivity index (χ1v) is 5.22. The van der Waals surface area contributed by atoms with E-state index >= 15 is 0 Å². The summed E-state index contributed by atoms with van der Waals surface area (Å²) < 4.78 is 26.3. The maximum atomic E-state index is 13.4. The third kappa shape index (κ3) is 3.32. The van der Waals surface area contributed by atoms with Crippen LogP contribution in [0.5, 0.6) is 0 Å². The monoisotopic (exact) mass is 223 g/mol. The molecule has 0 bridgehead atoms. The molecule has 16 heavy (non-hydrogen) atoms. The summed E-state index contributed by atoms with van der Waals surface area (Å²) in [5.41, 5.74) is 0.386. The predicted molar refractivity (Wildman–Crippen MR) is 61.0 cm³/mol. The van der Waals surface area contributed by atoms with E-state index in [4.69, 9.17) is 6.42 Å².